The molecule has 2 amide bonds. The van der Waals surface area contributed by atoms with Crippen molar-refractivity contribution in [3.05, 3.63) is 47.5 Å². The van der Waals surface area contributed by atoms with Gasteiger partial charge in [-0.1, -0.05) is 66.7 Å². The Hall–Kier alpha value is -3.58. The number of fused-ring (bicyclic) bond motifs is 1. The molecule has 308 valence electrons. The lowest BCUT2D eigenvalue weighted by molar-refractivity contribution is -0.258. The lowest BCUT2D eigenvalue weighted by atomic mass is 9.94. The molecule has 12 heteroatoms. The normalized spacial score (nSPS) is 21.2. The van der Waals surface area contributed by atoms with Crippen LogP contribution in [0.15, 0.2) is 36.4 Å². The molecule has 2 N–H and O–H groups in total. The Morgan fingerprint density at radius 3 is 1.47 bits per heavy atom. The quantitative estimate of drug-likeness (QED) is 0.0908. The summed E-state index contributed by atoms with van der Waals surface area (Å²) < 4.78 is 49.8. The standard InChI is InChI=1S/C43H66N2O10/c1-8-13-18-48-33-23-31(24-34(27-33)49-19-14-9-2)39(46)44-29-37-38-43(55-42(6,7)54-38,41(53-37)52-22-17-12-5)30-45-40(47)32-25-35(50-20-15-10-3)28-36(26-32)51-21-16-11-4/h23-28,37-38,41H,8-22,29-30H2,1-7H3,(H,44,46)(H,45,47)/t37-,38-,41-,43-/m1/s1. The highest BCUT2D eigenvalue weighted by molar-refractivity contribution is 5.95. The second kappa shape index (κ2) is 22.2. The second-order valence-corrected chi connectivity index (χ2v) is 14.8. The third kappa shape index (κ3) is 13.0. The van der Waals surface area contributed by atoms with Crippen LogP contribution in [0.1, 0.15) is 133 Å². The first kappa shape index (κ1) is 44.1. The summed E-state index contributed by atoms with van der Waals surface area (Å²) in [6.45, 7) is 16.9. The monoisotopic (exact) mass is 770 g/mol. The Morgan fingerprint density at radius 2 is 1.04 bits per heavy atom. The van der Waals surface area contributed by atoms with Gasteiger partial charge >= 0.3 is 0 Å². The molecule has 2 aromatic carbocycles. The summed E-state index contributed by atoms with van der Waals surface area (Å²) in [6.07, 6.45) is 7.11. The van der Waals surface area contributed by atoms with Crippen molar-refractivity contribution < 1.29 is 47.5 Å². The molecule has 2 fully saturated rings. The van der Waals surface area contributed by atoms with Gasteiger partial charge < -0.3 is 48.5 Å². The molecular weight excluding hydrogens is 704 g/mol. The van der Waals surface area contributed by atoms with E-state index in [4.69, 9.17) is 37.9 Å². The molecule has 4 atom stereocenters. The van der Waals surface area contributed by atoms with E-state index in [0.29, 0.717) is 67.2 Å². The van der Waals surface area contributed by atoms with Gasteiger partial charge in [0.05, 0.1) is 33.0 Å². The largest absolute Gasteiger partial charge is 0.493 e. The van der Waals surface area contributed by atoms with Crippen molar-refractivity contribution in [2.75, 3.05) is 46.1 Å². The third-order valence-electron chi connectivity index (χ3n) is 9.47. The van der Waals surface area contributed by atoms with E-state index in [9.17, 15) is 9.59 Å². The van der Waals surface area contributed by atoms with Crippen LogP contribution in [0.4, 0.5) is 0 Å². The first-order valence-electron chi connectivity index (χ1n) is 20.6. The number of hydrogen-bond donors (Lipinski definition) is 2. The summed E-state index contributed by atoms with van der Waals surface area (Å²) in [5, 5.41) is 6.12. The molecule has 2 aromatic rings. The van der Waals surface area contributed by atoms with Crippen molar-refractivity contribution in [3.8, 4) is 23.0 Å². The summed E-state index contributed by atoms with van der Waals surface area (Å²) in [5.41, 5.74) is -0.391. The fraction of sp³-hybridized carbons (Fsp3) is 0.674. The van der Waals surface area contributed by atoms with Gasteiger partial charge in [-0.05, 0) is 70.2 Å². The van der Waals surface area contributed by atoms with Gasteiger partial charge in [-0.25, -0.2) is 0 Å². The Balaban J connectivity index is 1.54. The zero-order chi connectivity index (χ0) is 39.7. The predicted octanol–water partition coefficient (Wildman–Crippen LogP) is 7.99. The second-order valence-electron chi connectivity index (χ2n) is 14.8. The number of ether oxygens (including phenoxy) is 8. The van der Waals surface area contributed by atoms with Gasteiger partial charge in [0, 0.05) is 36.4 Å². The van der Waals surface area contributed by atoms with Gasteiger partial charge in [-0.2, -0.15) is 0 Å². The van der Waals surface area contributed by atoms with E-state index in [2.05, 4.69) is 45.3 Å². The highest BCUT2D eigenvalue weighted by atomic mass is 16.8. The van der Waals surface area contributed by atoms with Gasteiger partial charge in [0.2, 0.25) is 0 Å². The van der Waals surface area contributed by atoms with Crippen LogP contribution in [0.3, 0.4) is 0 Å². The maximum absolute atomic E-state index is 13.9. The molecular formula is C43H66N2O10. The van der Waals surface area contributed by atoms with Crippen LogP contribution < -0.4 is 29.6 Å². The molecule has 2 aliphatic rings. The maximum atomic E-state index is 13.9. The minimum absolute atomic E-state index is 0.0315. The average molecular weight is 771 g/mol. The van der Waals surface area contributed by atoms with Gasteiger partial charge in [0.25, 0.3) is 11.8 Å². The molecule has 0 saturated carbocycles. The van der Waals surface area contributed by atoms with Crippen LogP contribution in [0.25, 0.3) is 0 Å². The SMILES string of the molecule is CCCCOc1cc(OCCCC)cc(C(=O)NC[C@H]2O[C@@H](OCCCC)[C@]3(CNC(=O)c4cc(OCCCC)cc(OCCCC)c4)OC(C)(C)O[C@H]23)c1. The number of carbonyl (C=O) groups excluding carboxylic acids is 2. The molecule has 2 heterocycles. The lowest BCUT2D eigenvalue weighted by Gasteiger charge is -2.33. The van der Waals surface area contributed by atoms with Crippen LogP contribution in [-0.4, -0.2) is 87.8 Å². The van der Waals surface area contributed by atoms with Crippen molar-refractivity contribution >= 4 is 11.8 Å². The highest BCUT2D eigenvalue weighted by Crippen LogP contribution is 2.47. The Bertz CT molecular complexity index is 1430. The van der Waals surface area contributed by atoms with E-state index in [1.807, 2.05) is 26.0 Å². The highest BCUT2D eigenvalue weighted by Gasteiger charge is 2.66. The first-order valence-corrected chi connectivity index (χ1v) is 20.6. The number of amides is 2. The van der Waals surface area contributed by atoms with Crippen molar-refractivity contribution in [3.63, 3.8) is 0 Å². The molecule has 0 radical (unpaired) electrons. The molecule has 4 rings (SSSR count). The van der Waals surface area contributed by atoms with Gasteiger partial charge in [-0.15, -0.1) is 0 Å². The van der Waals surface area contributed by atoms with Crippen LogP contribution in [-0.2, 0) is 18.9 Å². The third-order valence-corrected chi connectivity index (χ3v) is 9.47. The molecule has 55 heavy (non-hydrogen) atoms. The fourth-order valence-electron chi connectivity index (χ4n) is 6.45. The molecule has 0 aromatic heterocycles. The zero-order valence-corrected chi connectivity index (χ0v) is 34.3. The minimum atomic E-state index is -1.20. The minimum Gasteiger partial charge on any atom is -0.493 e. The number of hydrogen-bond acceptors (Lipinski definition) is 10. The van der Waals surface area contributed by atoms with E-state index in [1.165, 1.54) is 0 Å². The summed E-state index contributed by atoms with van der Waals surface area (Å²) in [7, 11) is 0. The number of benzene rings is 2. The molecule has 0 aliphatic carbocycles. The molecule has 12 nitrogen and oxygen atoms in total. The lowest BCUT2D eigenvalue weighted by Crippen LogP contribution is -2.56. The summed E-state index contributed by atoms with van der Waals surface area (Å²) >= 11 is 0. The Kier molecular flexibility index (Phi) is 17.8. The van der Waals surface area contributed by atoms with Crippen LogP contribution in [0, 0.1) is 0 Å². The number of rotatable bonds is 26. The summed E-state index contributed by atoms with van der Waals surface area (Å²) in [5.74, 6) is 0.648. The Morgan fingerprint density at radius 1 is 0.618 bits per heavy atom. The Labute approximate surface area is 328 Å². The van der Waals surface area contributed by atoms with E-state index in [0.717, 1.165) is 64.2 Å². The van der Waals surface area contributed by atoms with Gasteiger partial charge in [0.1, 0.15) is 35.2 Å². The number of carbonyl (C=O) groups is 2. The molecule has 0 spiro atoms. The van der Waals surface area contributed by atoms with E-state index in [1.54, 1.807) is 24.3 Å². The summed E-state index contributed by atoms with van der Waals surface area (Å²) in [6, 6.07) is 10.6. The van der Waals surface area contributed by atoms with E-state index >= 15 is 0 Å². The van der Waals surface area contributed by atoms with Crippen molar-refractivity contribution in [1.29, 1.82) is 0 Å². The molecule has 0 unspecified atom stereocenters. The predicted molar refractivity (Wildman–Crippen MR) is 211 cm³/mol. The van der Waals surface area contributed by atoms with Crippen LogP contribution in [0.2, 0.25) is 0 Å². The van der Waals surface area contributed by atoms with Crippen molar-refractivity contribution in [1.82, 2.24) is 10.6 Å². The van der Waals surface area contributed by atoms with Gasteiger partial charge in [-0.3, -0.25) is 9.59 Å². The average Bonchev–Trinajstić information content (AvgIpc) is 3.60. The van der Waals surface area contributed by atoms with Crippen molar-refractivity contribution in [2.24, 2.45) is 0 Å². The smallest absolute Gasteiger partial charge is 0.251 e. The molecule has 2 aliphatic heterocycles. The number of unbranched alkanes of at least 4 members (excludes halogenated alkanes) is 5. The molecule has 0 bridgehead atoms. The zero-order valence-electron chi connectivity index (χ0n) is 34.3. The topological polar surface area (TPSA) is 132 Å². The maximum Gasteiger partial charge on any atom is 0.251 e. The summed E-state index contributed by atoms with van der Waals surface area (Å²) in [4.78, 5) is 27.6. The van der Waals surface area contributed by atoms with Crippen molar-refractivity contribution in [2.45, 2.75) is 143 Å². The van der Waals surface area contributed by atoms with E-state index in [-0.39, 0.29) is 24.9 Å². The van der Waals surface area contributed by atoms with Crippen LogP contribution >= 0.6 is 0 Å². The first-order chi connectivity index (χ1) is 26.6. The van der Waals surface area contributed by atoms with Gasteiger partial charge in [0.15, 0.2) is 17.7 Å². The molecule has 2 saturated heterocycles. The van der Waals surface area contributed by atoms with E-state index < -0.39 is 29.9 Å². The number of nitrogens with one attached hydrogen (secondary N) is 2. The fourth-order valence-corrected chi connectivity index (χ4v) is 6.45. The van der Waals surface area contributed by atoms with Crippen LogP contribution in [0.5, 0.6) is 23.0 Å².